The molecule has 1 atom stereocenters. The number of carbonyl (C=O) groups excluding carboxylic acids is 1. The average Bonchev–Trinajstić information content (AvgIpc) is 3.19. The van der Waals surface area contributed by atoms with E-state index < -0.39 is 4.92 Å². The van der Waals surface area contributed by atoms with Crippen molar-refractivity contribution in [1.29, 1.82) is 0 Å². The highest BCUT2D eigenvalue weighted by Gasteiger charge is 2.31. The van der Waals surface area contributed by atoms with Crippen LogP contribution in [0.15, 0.2) is 66.9 Å². The van der Waals surface area contributed by atoms with Crippen molar-refractivity contribution in [3.63, 3.8) is 0 Å². The van der Waals surface area contributed by atoms with E-state index in [1.165, 1.54) is 12.3 Å². The number of ether oxygens (including phenoxy) is 2. The maximum atomic E-state index is 11.7. The van der Waals surface area contributed by atoms with Gasteiger partial charge in [0.1, 0.15) is 18.1 Å². The number of cyclic esters (lactones) is 1. The lowest BCUT2D eigenvalue weighted by Crippen LogP contribution is -2.34. The highest BCUT2D eigenvalue weighted by atomic mass is 16.6. The van der Waals surface area contributed by atoms with Gasteiger partial charge in [0.25, 0.3) is 0 Å². The summed E-state index contributed by atoms with van der Waals surface area (Å²) in [6.07, 6.45) is 1.99. The second-order valence-corrected chi connectivity index (χ2v) is 7.62. The molecule has 0 radical (unpaired) electrons. The fourth-order valence-corrected chi connectivity index (χ4v) is 3.80. The molecule has 4 rings (SSSR count). The van der Waals surface area contributed by atoms with Gasteiger partial charge in [-0.15, -0.1) is 0 Å². The number of pyridine rings is 1. The van der Waals surface area contributed by atoms with Crippen molar-refractivity contribution < 1.29 is 19.2 Å². The molecule has 2 heterocycles. The largest absolute Gasteiger partial charge is 0.457 e. The van der Waals surface area contributed by atoms with Crippen LogP contribution in [0.2, 0.25) is 0 Å². The predicted molar refractivity (Wildman–Crippen MR) is 123 cm³/mol. The molecule has 1 amide bonds. The number of anilines is 2. The van der Waals surface area contributed by atoms with Crippen molar-refractivity contribution in [1.82, 2.24) is 9.88 Å². The van der Waals surface area contributed by atoms with Gasteiger partial charge >= 0.3 is 11.8 Å². The molecule has 0 saturated carbocycles. The van der Waals surface area contributed by atoms with Gasteiger partial charge < -0.3 is 19.3 Å². The summed E-state index contributed by atoms with van der Waals surface area (Å²) in [7, 11) is 1.73. The zero-order chi connectivity index (χ0) is 23.4. The molecule has 0 unspecified atom stereocenters. The third-order valence-electron chi connectivity index (χ3n) is 5.55. The second kappa shape index (κ2) is 9.56. The molecule has 0 N–H and O–H groups in total. The first kappa shape index (κ1) is 22.1. The van der Waals surface area contributed by atoms with Crippen LogP contribution in [0.4, 0.5) is 22.0 Å². The van der Waals surface area contributed by atoms with E-state index in [0.717, 1.165) is 17.7 Å². The van der Waals surface area contributed by atoms with Crippen molar-refractivity contribution in [2.45, 2.75) is 19.4 Å². The van der Waals surface area contributed by atoms with Crippen molar-refractivity contribution in [2.75, 3.05) is 25.1 Å². The van der Waals surface area contributed by atoms with Gasteiger partial charge in [0.2, 0.25) is 5.82 Å². The van der Waals surface area contributed by atoms with E-state index in [9.17, 15) is 14.9 Å². The zero-order valence-electron chi connectivity index (χ0n) is 18.4. The van der Waals surface area contributed by atoms with Gasteiger partial charge in [-0.3, -0.25) is 10.1 Å². The molecule has 0 aliphatic carbocycles. The lowest BCUT2D eigenvalue weighted by molar-refractivity contribution is -0.384. The van der Waals surface area contributed by atoms with Crippen molar-refractivity contribution in [3.05, 3.63) is 82.5 Å². The molecule has 9 heteroatoms. The molecule has 1 aliphatic rings. The summed E-state index contributed by atoms with van der Waals surface area (Å²) < 4.78 is 11.1. The summed E-state index contributed by atoms with van der Waals surface area (Å²) in [6, 6.07) is 18.0. The third kappa shape index (κ3) is 4.87. The SMILES string of the molecule is CCN1C(=O)OC[C@@H]1Cc1ccc(Oc2ccc(N(C)c3ncccc3[N+](=O)[O-])cc2)cc1. The Hall–Kier alpha value is -4.14. The van der Waals surface area contributed by atoms with E-state index in [1.54, 1.807) is 35.0 Å². The van der Waals surface area contributed by atoms with E-state index >= 15 is 0 Å². The number of nitrogens with zero attached hydrogens (tertiary/aromatic N) is 4. The van der Waals surface area contributed by atoms with E-state index in [1.807, 2.05) is 43.3 Å². The standard InChI is InChI=1S/C24H24N4O5/c1-3-27-19(16-32-24(27)29)15-17-6-10-20(11-7-17)33-21-12-8-18(9-13-21)26(2)23-22(28(30)31)5-4-14-25-23/h4-14,19H,3,15-16H2,1-2H3/t19-/m0/s1. The minimum Gasteiger partial charge on any atom is -0.457 e. The number of carbonyl (C=O) groups is 1. The Bertz CT molecular complexity index is 1130. The predicted octanol–water partition coefficient (Wildman–Crippen LogP) is 4.93. The van der Waals surface area contributed by atoms with Crippen LogP contribution in [0, 0.1) is 10.1 Å². The molecule has 1 fully saturated rings. The van der Waals surface area contributed by atoms with Gasteiger partial charge in [0.15, 0.2) is 0 Å². The number of amides is 1. The molecule has 2 aromatic carbocycles. The normalized spacial score (nSPS) is 15.3. The fourth-order valence-electron chi connectivity index (χ4n) is 3.80. The number of benzene rings is 2. The Balaban J connectivity index is 1.40. The summed E-state index contributed by atoms with van der Waals surface area (Å²) in [4.78, 5) is 30.1. The molecule has 1 saturated heterocycles. The molecule has 170 valence electrons. The summed E-state index contributed by atoms with van der Waals surface area (Å²) in [6.45, 7) is 2.98. The van der Waals surface area contributed by atoms with Crippen LogP contribution >= 0.6 is 0 Å². The number of rotatable bonds is 8. The first-order valence-corrected chi connectivity index (χ1v) is 10.6. The topological polar surface area (TPSA) is 98.0 Å². The van der Waals surface area contributed by atoms with Gasteiger partial charge in [-0.1, -0.05) is 12.1 Å². The van der Waals surface area contributed by atoms with Crippen molar-refractivity contribution in [3.8, 4) is 11.5 Å². The van der Waals surface area contributed by atoms with E-state index in [4.69, 9.17) is 9.47 Å². The number of hydrogen-bond acceptors (Lipinski definition) is 7. The summed E-state index contributed by atoms with van der Waals surface area (Å²) >= 11 is 0. The monoisotopic (exact) mass is 448 g/mol. The molecule has 9 nitrogen and oxygen atoms in total. The Morgan fingerprint density at radius 1 is 1.15 bits per heavy atom. The van der Waals surface area contributed by atoms with Crippen LogP contribution in [0.5, 0.6) is 11.5 Å². The summed E-state index contributed by atoms with van der Waals surface area (Å²) in [5.74, 6) is 1.59. The maximum Gasteiger partial charge on any atom is 0.410 e. The Morgan fingerprint density at radius 2 is 1.82 bits per heavy atom. The fraction of sp³-hybridized carbons (Fsp3) is 0.250. The minimum atomic E-state index is -0.447. The number of nitro groups is 1. The second-order valence-electron chi connectivity index (χ2n) is 7.62. The zero-order valence-corrected chi connectivity index (χ0v) is 18.4. The molecule has 3 aromatic rings. The van der Waals surface area contributed by atoms with Crippen LogP contribution in [-0.4, -0.2) is 47.1 Å². The van der Waals surface area contributed by atoms with Crippen LogP contribution in [0.3, 0.4) is 0 Å². The lowest BCUT2D eigenvalue weighted by Gasteiger charge is -2.19. The number of aromatic nitrogens is 1. The average molecular weight is 448 g/mol. The summed E-state index contributed by atoms with van der Waals surface area (Å²) in [5, 5.41) is 11.3. The first-order valence-electron chi connectivity index (χ1n) is 10.6. The molecule has 33 heavy (non-hydrogen) atoms. The number of hydrogen-bond donors (Lipinski definition) is 0. The van der Waals surface area contributed by atoms with Crippen LogP contribution in [-0.2, 0) is 11.2 Å². The maximum absolute atomic E-state index is 11.7. The van der Waals surface area contributed by atoms with Crippen molar-refractivity contribution in [2.24, 2.45) is 0 Å². The van der Waals surface area contributed by atoms with Gasteiger partial charge in [0, 0.05) is 31.5 Å². The van der Waals surface area contributed by atoms with Crippen LogP contribution < -0.4 is 9.64 Å². The first-order chi connectivity index (χ1) is 16.0. The quantitative estimate of drug-likeness (QED) is 0.356. The number of likely N-dealkylation sites (N-methyl/N-ethyl adjacent to an activating group) is 1. The van der Waals surface area contributed by atoms with Gasteiger partial charge in [-0.05, 0) is 61.4 Å². The Labute approximate surface area is 191 Å². The van der Waals surface area contributed by atoms with Crippen molar-refractivity contribution >= 4 is 23.3 Å². The van der Waals surface area contributed by atoms with Crippen LogP contribution in [0.1, 0.15) is 12.5 Å². The Morgan fingerprint density at radius 3 is 2.45 bits per heavy atom. The van der Waals surface area contributed by atoms with Crippen LogP contribution in [0.25, 0.3) is 0 Å². The molecular weight excluding hydrogens is 424 g/mol. The highest BCUT2D eigenvalue weighted by molar-refractivity contribution is 5.70. The van der Waals surface area contributed by atoms with Gasteiger partial charge in [0.05, 0.1) is 11.0 Å². The molecule has 1 aromatic heterocycles. The molecular formula is C24H24N4O5. The van der Waals surface area contributed by atoms with Gasteiger partial charge in [-0.2, -0.15) is 0 Å². The Kier molecular flexibility index (Phi) is 6.39. The van der Waals surface area contributed by atoms with E-state index in [2.05, 4.69) is 4.98 Å². The minimum absolute atomic E-state index is 0.0498. The molecule has 0 spiro atoms. The smallest absolute Gasteiger partial charge is 0.410 e. The lowest BCUT2D eigenvalue weighted by atomic mass is 10.1. The molecule has 1 aliphatic heterocycles. The van der Waals surface area contributed by atoms with E-state index in [-0.39, 0.29) is 23.6 Å². The van der Waals surface area contributed by atoms with Gasteiger partial charge in [-0.25, -0.2) is 9.78 Å². The van der Waals surface area contributed by atoms with E-state index in [0.29, 0.717) is 24.7 Å². The molecule has 0 bridgehead atoms. The highest BCUT2D eigenvalue weighted by Crippen LogP contribution is 2.31. The summed E-state index contributed by atoms with van der Waals surface area (Å²) in [5.41, 5.74) is 1.78. The third-order valence-corrected chi connectivity index (χ3v) is 5.55.